The lowest BCUT2D eigenvalue weighted by atomic mass is 10.2. The molecule has 2 aromatic carbocycles. The van der Waals surface area contributed by atoms with Crippen molar-refractivity contribution in [3.63, 3.8) is 0 Å². The van der Waals surface area contributed by atoms with E-state index in [1.165, 1.54) is 17.8 Å². The summed E-state index contributed by atoms with van der Waals surface area (Å²) < 4.78 is 10.8. The van der Waals surface area contributed by atoms with E-state index in [0.717, 1.165) is 21.6 Å². The molecule has 0 amide bonds. The van der Waals surface area contributed by atoms with Gasteiger partial charge in [-0.25, -0.2) is 4.79 Å². The van der Waals surface area contributed by atoms with E-state index < -0.39 is 0 Å². The van der Waals surface area contributed by atoms with Crippen LogP contribution >= 0.6 is 11.8 Å². The maximum absolute atomic E-state index is 11.6. The van der Waals surface area contributed by atoms with Gasteiger partial charge in [0.1, 0.15) is 17.9 Å². The summed E-state index contributed by atoms with van der Waals surface area (Å²) in [6.45, 7) is 2.35. The molecule has 4 heteroatoms. The standard InChI is InChI=1S/C20H16O3S/c1-15-8-2-4-10-17(15)22-12-6-7-13-24-19-14-20(21)23-18-11-5-3-9-16(18)19/h2-5,8-11,14H,12-13H2,1H3. The van der Waals surface area contributed by atoms with Gasteiger partial charge in [-0.3, -0.25) is 0 Å². The number of benzene rings is 2. The zero-order valence-corrected chi connectivity index (χ0v) is 14.1. The Bertz CT molecular complexity index is 964. The van der Waals surface area contributed by atoms with Crippen LogP contribution < -0.4 is 10.4 Å². The molecule has 0 saturated carbocycles. The lowest BCUT2D eigenvalue weighted by Crippen LogP contribution is -1.97. The van der Waals surface area contributed by atoms with E-state index in [1.54, 1.807) is 6.07 Å². The van der Waals surface area contributed by atoms with Crippen molar-refractivity contribution in [3.8, 4) is 17.6 Å². The van der Waals surface area contributed by atoms with E-state index in [1.807, 2.05) is 49.4 Å². The molecule has 0 radical (unpaired) electrons. The number of rotatable bonds is 4. The van der Waals surface area contributed by atoms with Crippen LogP contribution in [0.25, 0.3) is 11.0 Å². The van der Waals surface area contributed by atoms with Crippen molar-refractivity contribution in [2.24, 2.45) is 0 Å². The van der Waals surface area contributed by atoms with Gasteiger partial charge < -0.3 is 9.15 Å². The second-order valence-electron chi connectivity index (χ2n) is 5.12. The van der Waals surface area contributed by atoms with Crippen molar-refractivity contribution in [1.82, 2.24) is 0 Å². The highest BCUT2D eigenvalue weighted by Gasteiger charge is 2.04. The lowest BCUT2D eigenvalue weighted by molar-refractivity contribution is 0.367. The van der Waals surface area contributed by atoms with Gasteiger partial charge in [0.25, 0.3) is 0 Å². The number of para-hydroxylation sites is 2. The molecule has 3 rings (SSSR count). The summed E-state index contributed by atoms with van der Waals surface area (Å²) in [4.78, 5) is 12.5. The van der Waals surface area contributed by atoms with Gasteiger partial charge in [0.05, 0.1) is 5.75 Å². The molecule has 0 atom stereocenters. The topological polar surface area (TPSA) is 39.4 Å². The fourth-order valence-electron chi connectivity index (χ4n) is 2.25. The Morgan fingerprint density at radius 1 is 1.08 bits per heavy atom. The summed E-state index contributed by atoms with van der Waals surface area (Å²) in [5.41, 5.74) is 1.35. The molecule has 120 valence electrons. The Kier molecular flexibility index (Phi) is 5.25. The van der Waals surface area contributed by atoms with Crippen LogP contribution in [0.5, 0.6) is 5.75 Å². The molecule has 0 spiro atoms. The average Bonchev–Trinajstić information content (AvgIpc) is 2.59. The van der Waals surface area contributed by atoms with Gasteiger partial charge >= 0.3 is 5.63 Å². The van der Waals surface area contributed by atoms with Crippen molar-refractivity contribution in [2.45, 2.75) is 11.8 Å². The van der Waals surface area contributed by atoms with Crippen LogP contribution in [0, 0.1) is 18.8 Å². The number of fused-ring (bicyclic) bond motifs is 1. The maximum Gasteiger partial charge on any atom is 0.337 e. The third-order valence-electron chi connectivity index (χ3n) is 3.43. The summed E-state index contributed by atoms with van der Waals surface area (Å²) in [6, 6.07) is 16.9. The van der Waals surface area contributed by atoms with Crippen molar-refractivity contribution in [1.29, 1.82) is 0 Å². The van der Waals surface area contributed by atoms with E-state index >= 15 is 0 Å². The molecule has 3 nitrogen and oxygen atoms in total. The lowest BCUT2D eigenvalue weighted by Gasteiger charge is -2.04. The van der Waals surface area contributed by atoms with E-state index in [9.17, 15) is 4.79 Å². The number of aryl methyl sites for hydroxylation is 1. The van der Waals surface area contributed by atoms with Crippen LogP contribution in [-0.2, 0) is 0 Å². The minimum absolute atomic E-state index is 0.341. The third-order valence-corrected chi connectivity index (χ3v) is 4.37. The van der Waals surface area contributed by atoms with Gasteiger partial charge in [0.15, 0.2) is 0 Å². The quantitative estimate of drug-likeness (QED) is 0.405. The fraction of sp³-hybridized carbons (Fsp3) is 0.150. The maximum atomic E-state index is 11.6. The number of thioether (sulfide) groups is 1. The van der Waals surface area contributed by atoms with E-state index in [0.29, 0.717) is 17.9 Å². The highest BCUT2D eigenvalue weighted by atomic mass is 32.2. The highest BCUT2D eigenvalue weighted by molar-refractivity contribution is 7.99. The first-order valence-electron chi connectivity index (χ1n) is 7.54. The minimum atomic E-state index is -0.341. The Balaban J connectivity index is 1.60. The number of ether oxygens (including phenoxy) is 1. The van der Waals surface area contributed by atoms with E-state index in [2.05, 4.69) is 11.8 Å². The number of hydrogen-bond acceptors (Lipinski definition) is 4. The molecule has 1 aromatic heterocycles. The zero-order chi connectivity index (χ0) is 16.8. The van der Waals surface area contributed by atoms with Crippen molar-refractivity contribution in [3.05, 3.63) is 70.6 Å². The van der Waals surface area contributed by atoms with E-state index in [-0.39, 0.29) is 5.63 Å². The first-order chi connectivity index (χ1) is 11.7. The number of hydrogen-bond donors (Lipinski definition) is 0. The van der Waals surface area contributed by atoms with Crippen molar-refractivity contribution >= 4 is 22.7 Å². The molecular weight excluding hydrogens is 320 g/mol. The largest absolute Gasteiger partial charge is 0.481 e. The predicted molar refractivity (Wildman–Crippen MR) is 97.7 cm³/mol. The van der Waals surface area contributed by atoms with Crippen LogP contribution in [0.3, 0.4) is 0 Å². The first-order valence-corrected chi connectivity index (χ1v) is 8.52. The van der Waals surface area contributed by atoms with Gasteiger partial charge in [-0.1, -0.05) is 48.2 Å². The SMILES string of the molecule is Cc1ccccc1OCC#CCSc1cc(=O)oc2ccccc12. The second-order valence-corrected chi connectivity index (χ2v) is 6.14. The van der Waals surface area contributed by atoms with Crippen LogP contribution in [-0.4, -0.2) is 12.4 Å². The fourth-order valence-corrected chi connectivity index (χ4v) is 3.08. The molecule has 0 bridgehead atoms. The molecule has 0 N–H and O–H groups in total. The molecule has 0 unspecified atom stereocenters. The van der Waals surface area contributed by atoms with Crippen molar-refractivity contribution in [2.75, 3.05) is 12.4 Å². The van der Waals surface area contributed by atoms with Gasteiger partial charge in [0, 0.05) is 16.3 Å². The Morgan fingerprint density at radius 2 is 1.88 bits per heavy atom. The van der Waals surface area contributed by atoms with Crippen LogP contribution in [0.4, 0.5) is 0 Å². The molecule has 3 aromatic rings. The summed E-state index contributed by atoms with van der Waals surface area (Å²) in [5, 5.41) is 0.931. The van der Waals surface area contributed by atoms with Crippen LogP contribution in [0.2, 0.25) is 0 Å². The van der Waals surface area contributed by atoms with Crippen LogP contribution in [0.1, 0.15) is 5.56 Å². The van der Waals surface area contributed by atoms with Gasteiger partial charge in [0.2, 0.25) is 0 Å². The highest BCUT2D eigenvalue weighted by Crippen LogP contribution is 2.25. The molecule has 0 fully saturated rings. The molecule has 24 heavy (non-hydrogen) atoms. The summed E-state index contributed by atoms with van der Waals surface area (Å²) >= 11 is 1.52. The summed E-state index contributed by atoms with van der Waals surface area (Å²) in [5.74, 6) is 7.50. The normalized spacial score (nSPS) is 10.2. The smallest absolute Gasteiger partial charge is 0.337 e. The molecule has 1 heterocycles. The summed E-state index contributed by atoms with van der Waals surface area (Å²) in [7, 11) is 0. The van der Waals surface area contributed by atoms with Gasteiger partial charge in [-0.2, -0.15) is 0 Å². The second kappa shape index (κ2) is 7.76. The molecule has 0 aliphatic heterocycles. The average molecular weight is 336 g/mol. The Hall–Kier alpha value is -2.64. The molecule has 0 saturated heterocycles. The van der Waals surface area contributed by atoms with Gasteiger partial charge in [-0.15, -0.1) is 11.8 Å². The first kappa shape index (κ1) is 16.2. The minimum Gasteiger partial charge on any atom is -0.481 e. The monoisotopic (exact) mass is 336 g/mol. The Labute approximate surface area is 144 Å². The zero-order valence-electron chi connectivity index (χ0n) is 13.2. The van der Waals surface area contributed by atoms with Crippen molar-refractivity contribution < 1.29 is 9.15 Å². The molecule has 0 aliphatic rings. The van der Waals surface area contributed by atoms with E-state index in [4.69, 9.17) is 9.15 Å². The summed E-state index contributed by atoms with van der Waals surface area (Å²) in [6.07, 6.45) is 0. The molecular formula is C20H16O3S. The Morgan fingerprint density at radius 3 is 2.75 bits per heavy atom. The predicted octanol–water partition coefficient (Wildman–Crippen LogP) is 4.28. The van der Waals surface area contributed by atoms with Gasteiger partial charge in [-0.05, 0) is 24.6 Å². The third kappa shape index (κ3) is 4.01. The van der Waals surface area contributed by atoms with Crippen LogP contribution in [0.15, 0.2) is 68.7 Å². The molecule has 0 aliphatic carbocycles.